The lowest BCUT2D eigenvalue weighted by Gasteiger charge is -2.60. The van der Waals surface area contributed by atoms with Gasteiger partial charge in [-0.3, -0.25) is 4.79 Å². The maximum absolute atomic E-state index is 11.8. The zero-order valence-electron chi connectivity index (χ0n) is 19.1. The molecule has 5 heteroatoms. The Kier molecular flexibility index (Phi) is 5.86. The van der Waals surface area contributed by atoms with E-state index in [2.05, 4.69) is 68.1 Å². The van der Waals surface area contributed by atoms with Crippen LogP contribution in [0.3, 0.4) is 0 Å². The highest BCUT2D eigenvalue weighted by Crippen LogP contribution is 2.57. The Morgan fingerprint density at radius 3 is 2.19 bits per heavy atom. The lowest BCUT2D eigenvalue weighted by Crippen LogP contribution is -2.64. The Morgan fingerprint density at radius 1 is 1.19 bits per heavy atom. The van der Waals surface area contributed by atoms with Crippen LogP contribution in [0.1, 0.15) is 68.2 Å². The molecule has 27 heavy (non-hydrogen) atoms. The average molecular weight is 397 g/mol. The zero-order chi connectivity index (χ0) is 21.0. The number of carbonyl (C=O) groups excluding carboxylic acids is 1. The Bertz CT molecular complexity index is 598. The van der Waals surface area contributed by atoms with E-state index in [-0.39, 0.29) is 46.3 Å². The molecular formula is C22H40O4Si. The molecular weight excluding hydrogens is 356 g/mol. The summed E-state index contributed by atoms with van der Waals surface area (Å²) in [4.78, 5) is 11.8. The summed E-state index contributed by atoms with van der Waals surface area (Å²) < 4.78 is 19.0. The first kappa shape index (κ1) is 22.6. The molecule has 0 amide bonds. The molecule has 3 aliphatic rings. The van der Waals surface area contributed by atoms with Gasteiger partial charge in [-0.2, -0.15) is 0 Å². The molecule has 3 saturated carbocycles. The molecule has 156 valence electrons. The number of fused-ring (bicyclic) bond motifs is 3. The maximum atomic E-state index is 11.8. The molecule has 0 aliphatic heterocycles. The van der Waals surface area contributed by atoms with Gasteiger partial charge >= 0.3 is 5.97 Å². The van der Waals surface area contributed by atoms with Gasteiger partial charge in [0.25, 0.3) is 0 Å². The highest BCUT2D eigenvalue weighted by Gasteiger charge is 2.61. The van der Waals surface area contributed by atoms with E-state index in [1.807, 2.05) is 0 Å². The summed E-state index contributed by atoms with van der Waals surface area (Å²) in [5.41, 5.74) is 0.428. The molecule has 0 aromatic rings. The molecule has 3 fully saturated rings. The van der Waals surface area contributed by atoms with Gasteiger partial charge in [0.2, 0.25) is 0 Å². The van der Waals surface area contributed by atoms with Crippen molar-refractivity contribution < 1.29 is 18.7 Å². The molecule has 0 radical (unpaired) electrons. The van der Waals surface area contributed by atoms with Crippen LogP contribution in [0, 0.1) is 11.3 Å². The lowest BCUT2D eigenvalue weighted by atomic mass is 9.55. The van der Waals surface area contributed by atoms with E-state index in [0.29, 0.717) is 0 Å². The van der Waals surface area contributed by atoms with Gasteiger partial charge in [0.15, 0.2) is 8.32 Å². The quantitative estimate of drug-likeness (QED) is 0.359. The van der Waals surface area contributed by atoms with Gasteiger partial charge in [0.05, 0.1) is 17.8 Å². The molecule has 0 N–H and O–H groups in total. The summed E-state index contributed by atoms with van der Waals surface area (Å²) in [6.45, 7) is 25.7. The van der Waals surface area contributed by atoms with Gasteiger partial charge in [0.1, 0.15) is 6.10 Å². The van der Waals surface area contributed by atoms with Gasteiger partial charge < -0.3 is 13.9 Å². The third-order valence-electron chi connectivity index (χ3n) is 6.74. The summed E-state index contributed by atoms with van der Waals surface area (Å²) in [6.07, 6.45) is 1.55. The first-order valence-corrected chi connectivity index (χ1v) is 13.1. The predicted molar refractivity (Wildman–Crippen MR) is 112 cm³/mol. The number of rotatable bonds is 4. The number of carbonyl (C=O) groups is 1. The molecule has 2 bridgehead atoms. The lowest BCUT2D eigenvalue weighted by molar-refractivity contribution is -0.212. The zero-order valence-corrected chi connectivity index (χ0v) is 20.1. The van der Waals surface area contributed by atoms with E-state index in [1.54, 1.807) is 0 Å². The van der Waals surface area contributed by atoms with Crippen molar-refractivity contribution in [1.82, 2.24) is 0 Å². The fourth-order valence-corrected chi connectivity index (χ4v) is 5.67. The summed E-state index contributed by atoms with van der Waals surface area (Å²) in [7, 11) is -1.90. The molecule has 5 atom stereocenters. The van der Waals surface area contributed by atoms with E-state index >= 15 is 0 Å². The highest BCUT2D eigenvalue weighted by molar-refractivity contribution is 6.74. The molecule has 0 spiro atoms. The van der Waals surface area contributed by atoms with Gasteiger partial charge in [0, 0.05) is 18.3 Å². The average Bonchev–Trinajstić information content (AvgIpc) is 2.42. The Morgan fingerprint density at radius 2 is 1.74 bits per heavy atom. The fraction of sp³-hybridized carbons (Fsp3) is 0.864. The number of esters is 1. The second-order valence-corrected chi connectivity index (χ2v) is 16.0. The Labute approximate surface area is 167 Å². The van der Waals surface area contributed by atoms with Crippen LogP contribution < -0.4 is 0 Å². The van der Waals surface area contributed by atoms with Crippen LogP contribution in [0.25, 0.3) is 0 Å². The van der Waals surface area contributed by atoms with Crippen LogP contribution in [-0.4, -0.2) is 38.2 Å². The van der Waals surface area contributed by atoms with E-state index in [4.69, 9.17) is 13.9 Å². The van der Waals surface area contributed by atoms with Gasteiger partial charge in [-0.15, -0.1) is 0 Å². The van der Waals surface area contributed by atoms with E-state index in [9.17, 15) is 4.79 Å². The van der Waals surface area contributed by atoms with E-state index in [0.717, 1.165) is 18.4 Å². The van der Waals surface area contributed by atoms with Crippen LogP contribution in [0.5, 0.6) is 0 Å². The number of hydrogen-bond acceptors (Lipinski definition) is 4. The molecule has 0 aromatic heterocycles. The van der Waals surface area contributed by atoms with Crippen molar-refractivity contribution in [3.8, 4) is 0 Å². The predicted octanol–water partition coefficient (Wildman–Crippen LogP) is 5.48. The van der Waals surface area contributed by atoms with Crippen LogP contribution in [0.4, 0.5) is 0 Å². The normalized spacial score (nSPS) is 34.7. The first-order chi connectivity index (χ1) is 12.0. The van der Waals surface area contributed by atoms with E-state index in [1.165, 1.54) is 6.92 Å². The highest BCUT2D eigenvalue weighted by atomic mass is 28.4. The topological polar surface area (TPSA) is 44.8 Å². The summed E-state index contributed by atoms with van der Waals surface area (Å²) in [5, 5.41) is 0.155. The smallest absolute Gasteiger partial charge is 0.303 e. The van der Waals surface area contributed by atoms with Gasteiger partial charge in [-0.25, -0.2) is 0 Å². The van der Waals surface area contributed by atoms with Crippen LogP contribution in [-0.2, 0) is 18.7 Å². The van der Waals surface area contributed by atoms with Crippen molar-refractivity contribution in [2.75, 3.05) is 0 Å². The van der Waals surface area contributed by atoms with Crippen molar-refractivity contribution in [2.24, 2.45) is 11.3 Å². The molecule has 4 nitrogen and oxygen atoms in total. The number of hydrogen-bond donors (Lipinski definition) is 0. The van der Waals surface area contributed by atoms with Crippen LogP contribution in [0.15, 0.2) is 12.2 Å². The van der Waals surface area contributed by atoms with Crippen LogP contribution in [0.2, 0.25) is 18.1 Å². The van der Waals surface area contributed by atoms with Crippen molar-refractivity contribution in [3.63, 3.8) is 0 Å². The Hall–Kier alpha value is -0.653. The Balaban J connectivity index is 2.35. The molecule has 0 unspecified atom stereocenters. The third-order valence-corrected chi connectivity index (χ3v) is 11.2. The molecule has 0 saturated heterocycles. The van der Waals surface area contributed by atoms with Crippen molar-refractivity contribution in [3.05, 3.63) is 12.2 Å². The second-order valence-electron chi connectivity index (χ2n) is 11.3. The van der Waals surface area contributed by atoms with Crippen LogP contribution >= 0.6 is 0 Å². The van der Waals surface area contributed by atoms with E-state index < -0.39 is 8.32 Å². The molecule has 0 aromatic carbocycles. The fourth-order valence-electron chi connectivity index (χ4n) is 4.31. The van der Waals surface area contributed by atoms with Gasteiger partial charge in [-0.1, -0.05) is 34.3 Å². The largest absolute Gasteiger partial charge is 0.457 e. The minimum Gasteiger partial charge on any atom is -0.457 e. The SMILES string of the molecule is C=C1[C@@H]2C[C@H](OC(C)(C)C)[C@@](C)(C[C@@H]2O[Si](C)(C)C(C)(C)C)[C@H]1OC(C)=O. The maximum Gasteiger partial charge on any atom is 0.303 e. The van der Waals surface area contributed by atoms with Crippen molar-refractivity contribution >= 4 is 14.3 Å². The first-order valence-electron chi connectivity index (χ1n) is 10.2. The second kappa shape index (κ2) is 6.99. The molecule has 3 rings (SSSR count). The standard InChI is InChI=1S/C22H40O4Si/c1-14-16-12-18(25-20(3,4)5)22(9,19(14)24-15(2)23)13-17(16)26-27(10,11)21(6,7)8/h16-19H,1,12-13H2,2-11H3/t16-,17-,18-,19-,22+/m0/s1. The third kappa shape index (κ3) is 4.51. The number of ether oxygens (including phenoxy) is 2. The van der Waals surface area contributed by atoms with Gasteiger partial charge in [-0.05, 0) is 57.3 Å². The summed E-state index contributed by atoms with van der Waals surface area (Å²) >= 11 is 0. The monoisotopic (exact) mass is 396 g/mol. The minimum absolute atomic E-state index is 0.0246. The molecule has 3 aliphatic carbocycles. The molecule has 0 heterocycles. The summed E-state index contributed by atoms with van der Waals surface area (Å²) in [5.74, 6) is -0.0936. The minimum atomic E-state index is -1.90. The van der Waals surface area contributed by atoms with Crippen molar-refractivity contribution in [2.45, 2.75) is 110 Å². The summed E-state index contributed by atoms with van der Waals surface area (Å²) in [6, 6.07) is 0. The van der Waals surface area contributed by atoms with Crippen molar-refractivity contribution in [1.29, 1.82) is 0 Å².